The fourth-order valence-corrected chi connectivity index (χ4v) is 2.86. The van der Waals surface area contributed by atoms with E-state index in [-0.39, 0.29) is 0 Å². The third kappa shape index (κ3) is 3.96. The summed E-state index contributed by atoms with van der Waals surface area (Å²) in [6, 6.07) is 0. The number of ether oxygens (including phenoxy) is 2. The molecule has 3 unspecified atom stereocenters. The number of alkyl halides is 3. The van der Waals surface area contributed by atoms with Crippen LogP contribution in [0.5, 0.6) is 0 Å². The van der Waals surface area contributed by atoms with Gasteiger partial charge in [-0.1, -0.05) is 52.5 Å². The molecule has 126 valence electrons. The molecule has 0 radical (unpaired) electrons. The number of hydrogen-bond acceptors (Lipinski definition) is 4. The van der Waals surface area contributed by atoms with E-state index in [0.717, 1.165) is 5.57 Å². The van der Waals surface area contributed by atoms with Gasteiger partial charge in [0.1, 0.15) is 0 Å². The van der Waals surface area contributed by atoms with Gasteiger partial charge in [-0.25, -0.2) is 0 Å². The molecule has 0 spiro atoms. The van der Waals surface area contributed by atoms with Gasteiger partial charge in [-0.3, -0.25) is 4.79 Å². The number of amides is 1. The lowest BCUT2D eigenvalue weighted by Gasteiger charge is -2.47. The molecule has 0 fully saturated rings. The number of hydrogen-bond donors (Lipinski definition) is 2. The highest BCUT2D eigenvalue weighted by Crippen LogP contribution is 2.39. The Kier molecular flexibility index (Phi) is 6.74. The maximum absolute atomic E-state index is 12.1. The van der Waals surface area contributed by atoms with Crippen LogP contribution in [-0.2, 0) is 14.3 Å². The van der Waals surface area contributed by atoms with Gasteiger partial charge >= 0.3 is 0 Å². The van der Waals surface area contributed by atoms with Crippen molar-refractivity contribution in [2.24, 2.45) is 5.92 Å². The summed E-state index contributed by atoms with van der Waals surface area (Å²) >= 11 is 16.9. The molecule has 0 aromatic rings. The van der Waals surface area contributed by atoms with Crippen molar-refractivity contribution < 1.29 is 19.4 Å². The first-order valence-electron chi connectivity index (χ1n) is 6.56. The van der Waals surface area contributed by atoms with E-state index in [1.807, 2.05) is 6.92 Å². The van der Waals surface area contributed by atoms with Crippen molar-refractivity contribution in [3.8, 4) is 0 Å². The first-order chi connectivity index (χ1) is 10.1. The first kappa shape index (κ1) is 19.7. The second-order valence-corrected chi connectivity index (χ2v) is 7.48. The Labute approximate surface area is 145 Å². The molecule has 1 aliphatic carbocycles. The van der Waals surface area contributed by atoms with Crippen molar-refractivity contribution in [3.05, 3.63) is 24.3 Å². The number of carbonyl (C=O) groups is 1. The van der Waals surface area contributed by atoms with Crippen molar-refractivity contribution in [2.45, 2.75) is 35.1 Å². The molecule has 1 rings (SSSR count). The van der Waals surface area contributed by atoms with Crippen molar-refractivity contribution in [2.75, 3.05) is 14.2 Å². The number of allylic oxidation sites excluding steroid dienone is 1. The number of rotatable bonds is 5. The van der Waals surface area contributed by atoms with Crippen LogP contribution >= 0.6 is 34.8 Å². The van der Waals surface area contributed by atoms with E-state index in [1.54, 1.807) is 6.08 Å². The van der Waals surface area contributed by atoms with Gasteiger partial charge in [0.15, 0.2) is 6.29 Å². The molecule has 1 aliphatic rings. The van der Waals surface area contributed by atoms with Crippen LogP contribution in [0.1, 0.15) is 13.3 Å². The quantitative estimate of drug-likeness (QED) is 0.441. The summed E-state index contributed by atoms with van der Waals surface area (Å²) in [5.41, 5.74) is -0.353. The van der Waals surface area contributed by atoms with Crippen molar-refractivity contribution in [3.63, 3.8) is 0 Å². The largest absolute Gasteiger partial charge is 0.386 e. The van der Waals surface area contributed by atoms with Gasteiger partial charge in [0, 0.05) is 20.1 Å². The monoisotopic (exact) mass is 371 g/mol. The van der Waals surface area contributed by atoms with E-state index in [9.17, 15) is 9.90 Å². The molecule has 0 saturated carbocycles. The predicted octanol–water partition coefficient (Wildman–Crippen LogP) is 2.34. The minimum atomic E-state index is -2.16. The van der Waals surface area contributed by atoms with Gasteiger partial charge in [-0.05, 0) is 13.3 Å². The highest BCUT2D eigenvalue weighted by atomic mass is 35.6. The highest BCUT2D eigenvalue weighted by Gasteiger charge is 2.51. The van der Waals surface area contributed by atoms with Gasteiger partial charge in [0.25, 0.3) is 9.70 Å². The van der Waals surface area contributed by atoms with Crippen LogP contribution in [0.2, 0.25) is 0 Å². The molecule has 3 atom stereocenters. The van der Waals surface area contributed by atoms with E-state index in [4.69, 9.17) is 44.3 Å². The summed E-state index contributed by atoms with van der Waals surface area (Å²) in [5, 5.41) is 13.1. The molecule has 0 heterocycles. The second-order valence-electron chi connectivity index (χ2n) is 5.20. The fourth-order valence-electron chi connectivity index (χ4n) is 2.71. The maximum Gasteiger partial charge on any atom is 0.272 e. The summed E-state index contributed by atoms with van der Waals surface area (Å²) in [6.45, 7) is 5.59. The first-order valence-corrected chi connectivity index (χ1v) is 7.69. The molecule has 2 N–H and O–H groups in total. The lowest BCUT2D eigenvalue weighted by Crippen LogP contribution is -2.65. The average Bonchev–Trinajstić information content (AvgIpc) is 2.42. The molecule has 0 aromatic heterocycles. The fraction of sp³-hybridized carbons (Fsp3) is 0.643. The van der Waals surface area contributed by atoms with Crippen LogP contribution in [0, 0.1) is 5.92 Å². The standard InChI is InChI=1S/C14H20Cl3NO4/c1-5-13(18-12(20)14(15,16)17)9(11(21-3)22-4)6-8(2)7-10(13)19/h5,7,9-11,19H,1,6H2,2-4H3,(H,18,20). The zero-order chi connectivity index (χ0) is 17.1. The van der Waals surface area contributed by atoms with Crippen molar-refractivity contribution in [1.82, 2.24) is 5.32 Å². The summed E-state index contributed by atoms with van der Waals surface area (Å²) < 4.78 is 8.44. The summed E-state index contributed by atoms with van der Waals surface area (Å²) in [4.78, 5) is 12.1. The maximum atomic E-state index is 12.1. The zero-order valence-electron chi connectivity index (χ0n) is 12.6. The number of aliphatic hydroxyl groups excluding tert-OH is 1. The minimum absolute atomic E-state index is 0.448. The molecule has 0 aromatic carbocycles. The molecule has 0 saturated heterocycles. The van der Waals surface area contributed by atoms with Crippen LogP contribution in [0.15, 0.2) is 24.3 Å². The lowest BCUT2D eigenvalue weighted by molar-refractivity contribution is -0.164. The van der Waals surface area contributed by atoms with E-state index in [0.29, 0.717) is 6.42 Å². The van der Waals surface area contributed by atoms with Crippen LogP contribution in [0.25, 0.3) is 0 Å². The average molecular weight is 373 g/mol. The molecule has 0 bridgehead atoms. The molecule has 0 aliphatic heterocycles. The summed E-state index contributed by atoms with van der Waals surface area (Å²) in [5.74, 6) is -1.31. The Morgan fingerprint density at radius 3 is 2.50 bits per heavy atom. The van der Waals surface area contributed by atoms with Gasteiger partial charge < -0.3 is 19.9 Å². The van der Waals surface area contributed by atoms with Gasteiger partial charge in [0.05, 0.1) is 11.6 Å². The van der Waals surface area contributed by atoms with Crippen LogP contribution in [-0.4, -0.2) is 47.0 Å². The molecule has 22 heavy (non-hydrogen) atoms. The molecular weight excluding hydrogens is 353 g/mol. The Morgan fingerprint density at radius 2 is 2.09 bits per heavy atom. The van der Waals surface area contributed by atoms with Gasteiger partial charge in [0.2, 0.25) is 0 Å². The molecular formula is C14H20Cl3NO4. The SMILES string of the molecule is C=CC1(NC(=O)C(Cl)(Cl)Cl)C(O)C=C(C)CC1C(OC)OC. The molecule has 1 amide bonds. The van der Waals surface area contributed by atoms with E-state index >= 15 is 0 Å². The molecule has 5 nitrogen and oxygen atoms in total. The summed E-state index contributed by atoms with van der Waals surface area (Å²) in [7, 11) is 2.94. The van der Waals surface area contributed by atoms with E-state index in [2.05, 4.69) is 11.9 Å². The van der Waals surface area contributed by atoms with Crippen molar-refractivity contribution >= 4 is 40.7 Å². The Bertz CT molecular complexity index is 459. The smallest absolute Gasteiger partial charge is 0.272 e. The third-order valence-electron chi connectivity index (χ3n) is 3.81. The number of aliphatic hydroxyl groups is 1. The Balaban J connectivity index is 3.29. The minimum Gasteiger partial charge on any atom is -0.386 e. The van der Waals surface area contributed by atoms with Gasteiger partial charge in [-0.15, -0.1) is 6.58 Å². The van der Waals surface area contributed by atoms with Gasteiger partial charge in [-0.2, -0.15) is 0 Å². The zero-order valence-corrected chi connectivity index (χ0v) is 14.9. The van der Waals surface area contributed by atoms with Crippen LogP contribution in [0.3, 0.4) is 0 Å². The number of nitrogens with one attached hydrogen (secondary N) is 1. The number of methoxy groups -OCH3 is 2. The topological polar surface area (TPSA) is 67.8 Å². The summed E-state index contributed by atoms with van der Waals surface area (Å²) in [6.07, 6.45) is 1.80. The Hall–Kier alpha value is -0.300. The molecule has 8 heteroatoms. The van der Waals surface area contributed by atoms with Crippen LogP contribution in [0.4, 0.5) is 0 Å². The van der Waals surface area contributed by atoms with E-state index in [1.165, 1.54) is 20.3 Å². The third-order valence-corrected chi connectivity index (χ3v) is 4.32. The predicted molar refractivity (Wildman–Crippen MR) is 87.0 cm³/mol. The number of halogens is 3. The normalized spacial score (nSPS) is 29.2. The van der Waals surface area contributed by atoms with Crippen molar-refractivity contribution in [1.29, 1.82) is 0 Å². The lowest BCUT2D eigenvalue weighted by atomic mass is 9.71. The highest BCUT2D eigenvalue weighted by molar-refractivity contribution is 6.76. The van der Waals surface area contributed by atoms with Crippen LogP contribution < -0.4 is 5.32 Å². The second kappa shape index (κ2) is 7.51. The Morgan fingerprint density at radius 1 is 1.55 bits per heavy atom. The number of carbonyl (C=O) groups excluding carboxylic acids is 1. The van der Waals surface area contributed by atoms with E-state index < -0.39 is 33.6 Å².